The van der Waals surface area contributed by atoms with Gasteiger partial charge in [-0.25, -0.2) is 9.78 Å². The summed E-state index contributed by atoms with van der Waals surface area (Å²) in [5.74, 6) is -0.283. The van der Waals surface area contributed by atoms with E-state index in [1.54, 1.807) is 46.6 Å². The molecule has 0 spiro atoms. The Morgan fingerprint density at radius 2 is 1.62 bits per heavy atom. The molecule has 0 aliphatic carbocycles. The average molecular weight is 668 g/mol. The Kier molecular flexibility index (Phi) is 9.96. The number of likely N-dealkylation sites (tertiary alicyclic amines) is 1. The van der Waals surface area contributed by atoms with E-state index in [1.165, 1.54) is 12.3 Å². The zero-order valence-electron chi connectivity index (χ0n) is 24.9. The third-order valence-corrected chi connectivity index (χ3v) is 8.05. The fraction of sp³-hybridized carbons (Fsp3) is 0.273. The quantitative estimate of drug-likeness (QED) is 0.205. The fourth-order valence-electron chi connectivity index (χ4n) is 4.71. The zero-order chi connectivity index (χ0) is 32.1. The van der Waals surface area contributed by atoms with Gasteiger partial charge in [0.25, 0.3) is 11.8 Å². The number of pyridine rings is 1. The van der Waals surface area contributed by atoms with Gasteiger partial charge in [0.05, 0.1) is 21.8 Å². The Hall–Kier alpha value is -4.12. The molecule has 2 aromatic heterocycles. The van der Waals surface area contributed by atoms with Crippen molar-refractivity contribution in [1.29, 1.82) is 0 Å². The minimum atomic E-state index is -0.577. The van der Waals surface area contributed by atoms with Crippen molar-refractivity contribution in [3.8, 4) is 16.9 Å². The van der Waals surface area contributed by atoms with Crippen LogP contribution in [0.5, 0.6) is 5.75 Å². The Morgan fingerprint density at radius 3 is 2.29 bits per heavy atom. The molecule has 5 rings (SSSR count). The van der Waals surface area contributed by atoms with Crippen molar-refractivity contribution in [2.24, 2.45) is 0 Å². The highest BCUT2D eigenvalue weighted by Gasteiger charge is 2.29. The van der Waals surface area contributed by atoms with Crippen molar-refractivity contribution in [2.75, 3.05) is 23.7 Å². The maximum Gasteiger partial charge on any atom is 0.410 e. The van der Waals surface area contributed by atoms with E-state index in [1.807, 2.05) is 49.7 Å². The van der Waals surface area contributed by atoms with Gasteiger partial charge in [0.1, 0.15) is 23.3 Å². The number of thiophene rings is 1. The van der Waals surface area contributed by atoms with Gasteiger partial charge < -0.3 is 25.0 Å². The number of hydrogen-bond donors (Lipinski definition) is 2. The second kappa shape index (κ2) is 13.9. The molecule has 1 aliphatic rings. The van der Waals surface area contributed by atoms with Crippen LogP contribution in [0.3, 0.4) is 0 Å². The number of anilines is 2. The monoisotopic (exact) mass is 666 g/mol. The van der Waals surface area contributed by atoms with Crippen LogP contribution in [-0.2, 0) is 4.74 Å². The highest BCUT2D eigenvalue weighted by atomic mass is 35.5. The molecule has 1 aliphatic heterocycles. The highest BCUT2D eigenvalue weighted by Crippen LogP contribution is 2.32. The first-order chi connectivity index (χ1) is 21.4. The van der Waals surface area contributed by atoms with Crippen LogP contribution in [0.1, 0.15) is 54.3 Å². The number of hydrogen-bond acceptors (Lipinski definition) is 7. The second-order valence-corrected chi connectivity index (χ2v) is 13.1. The van der Waals surface area contributed by atoms with E-state index in [4.69, 9.17) is 32.7 Å². The van der Waals surface area contributed by atoms with Crippen LogP contribution in [0, 0.1) is 0 Å². The van der Waals surface area contributed by atoms with Crippen LogP contribution in [0.2, 0.25) is 10.0 Å². The predicted molar refractivity (Wildman–Crippen MR) is 178 cm³/mol. The minimum Gasteiger partial charge on any atom is -0.489 e. The van der Waals surface area contributed by atoms with E-state index in [0.717, 1.165) is 11.1 Å². The average Bonchev–Trinajstić information content (AvgIpc) is 3.54. The first-order valence-electron chi connectivity index (χ1n) is 14.3. The number of aromatic nitrogens is 1. The van der Waals surface area contributed by atoms with Gasteiger partial charge in [-0.2, -0.15) is 11.3 Å². The van der Waals surface area contributed by atoms with E-state index in [9.17, 15) is 14.4 Å². The molecule has 0 bridgehead atoms. The maximum atomic E-state index is 13.8. The third-order valence-electron chi connectivity index (χ3n) is 6.91. The summed E-state index contributed by atoms with van der Waals surface area (Å²) in [5, 5.41) is 10.3. The lowest BCUT2D eigenvalue weighted by atomic mass is 10.0. The Bertz CT molecular complexity index is 1680. The number of carbonyl (C=O) groups is 3. The molecule has 0 unspecified atom stereocenters. The van der Waals surface area contributed by atoms with Crippen molar-refractivity contribution in [3.63, 3.8) is 0 Å². The van der Waals surface area contributed by atoms with E-state index in [2.05, 4.69) is 15.6 Å². The number of halogens is 2. The number of nitrogens with zero attached hydrogens (tertiary/aromatic N) is 2. The van der Waals surface area contributed by atoms with Crippen molar-refractivity contribution in [2.45, 2.75) is 45.3 Å². The number of benzene rings is 2. The Balaban J connectivity index is 1.36. The first kappa shape index (κ1) is 32.3. The Morgan fingerprint density at radius 1 is 0.889 bits per heavy atom. The molecule has 0 saturated carbocycles. The molecule has 4 aromatic rings. The summed E-state index contributed by atoms with van der Waals surface area (Å²) in [4.78, 5) is 45.3. The van der Waals surface area contributed by atoms with Crippen molar-refractivity contribution < 1.29 is 23.9 Å². The van der Waals surface area contributed by atoms with Gasteiger partial charge in [0.2, 0.25) is 0 Å². The summed E-state index contributed by atoms with van der Waals surface area (Å²) >= 11 is 13.7. The molecule has 1 fully saturated rings. The number of carbonyl (C=O) groups excluding carboxylic acids is 3. The molecular formula is C33H32Cl2N4O5S. The second-order valence-electron chi connectivity index (χ2n) is 11.5. The summed E-state index contributed by atoms with van der Waals surface area (Å²) in [7, 11) is 0. The van der Waals surface area contributed by atoms with E-state index in [-0.39, 0.29) is 23.4 Å². The van der Waals surface area contributed by atoms with Crippen LogP contribution >= 0.6 is 34.5 Å². The molecular weight excluding hydrogens is 635 g/mol. The number of rotatable bonds is 7. The summed E-state index contributed by atoms with van der Waals surface area (Å²) in [6, 6.07) is 15.2. The standard InChI is InChI=1S/C33H32Cl2N4O5S/c1-33(2,3)44-32(42)39-13-10-24(11-14-39)43-28-16-20(21-12-15-45-19-21)4-7-25(28)30(40)37-27-8-5-22(34)17-26(27)31(41)38-29-9-6-23(35)18-36-29/h4-9,12,15-19,24H,10-11,13-14H2,1-3H3,(H,37,40)(H,36,38,41). The van der Waals surface area contributed by atoms with Crippen LogP contribution < -0.4 is 15.4 Å². The minimum absolute atomic E-state index is 0.152. The van der Waals surface area contributed by atoms with Crippen LogP contribution in [0.4, 0.5) is 16.3 Å². The zero-order valence-corrected chi connectivity index (χ0v) is 27.3. The molecule has 0 atom stereocenters. The van der Waals surface area contributed by atoms with Crippen LogP contribution in [0.25, 0.3) is 11.1 Å². The lowest BCUT2D eigenvalue weighted by molar-refractivity contribution is 0.0126. The molecule has 12 heteroatoms. The number of amides is 3. The van der Waals surface area contributed by atoms with Gasteiger partial charge >= 0.3 is 6.09 Å². The normalized spacial score (nSPS) is 13.7. The summed E-state index contributed by atoms with van der Waals surface area (Å²) in [6.45, 7) is 6.45. The summed E-state index contributed by atoms with van der Waals surface area (Å²) in [6.07, 6.45) is 1.99. The predicted octanol–water partition coefficient (Wildman–Crippen LogP) is 8.40. The third kappa shape index (κ3) is 8.54. The molecule has 1 saturated heterocycles. The molecule has 3 amide bonds. The maximum absolute atomic E-state index is 13.8. The molecule has 3 heterocycles. The van der Waals surface area contributed by atoms with Gasteiger partial charge in [0.15, 0.2) is 0 Å². The number of piperidine rings is 1. The van der Waals surface area contributed by atoms with E-state index < -0.39 is 17.4 Å². The number of ether oxygens (including phenoxy) is 2. The van der Waals surface area contributed by atoms with Gasteiger partial charge in [-0.3, -0.25) is 9.59 Å². The van der Waals surface area contributed by atoms with Crippen molar-refractivity contribution in [1.82, 2.24) is 9.88 Å². The number of nitrogens with one attached hydrogen (secondary N) is 2. The molecule has 0 radical (unpaired) electrons. The van der Waals surface area contributed by atoms with Gasteiger partial charge in [-0.1, -0.05) is 29.3 Å². The molecule has 45 heavy (non-hydrogen) atoms. The molecule has 9 nitrogen and oxygen atoms in total. The molecule has 2 N–H and O–H groups in total. The largest absolute Gasteiger partial charge is 0.489 e. The van der Waals surface area contributed by atoms with Gasteiger partial charge in [0, 0.05) is 37.2 Å². The smallest absolute Gasteiger partial charge is 0.410 e. The van der Waals surface area contributed by atoms with Gasteiger partial charge in [-0.05, 0) is 91.2 Å². The lowest BCUT2D eigenvalue weighted by Gasteiger charge is -2.33. The van der Waals surface area contributed by atoms with Crippen LogP contribution in [-0.4, -0.2) is 52.6 Å². The molecule has 2 aromatic carbocycles. The lowest BCUT2D eigenvalue weighted by Crippen LogP contribution is -2.44. The summed E-state index contributed by atoms with van der Waals surface area (Å²) in [5.41, 5.74) is 2.03. The summed E-state index contributed by atoms with van der Waals surface area (Å²) < 4.78 is 12.0. The topological polar surface area (TPSA) is 110 Å². The van der Waals surface area contributed by atoms with Crippen LogP contribution in [0.15, 0.2) is 71.6 Å². The van der Waals surface area contributed by atoms with E-state index in [0.29, 0.717) is 53.1 Å². The van der Waals surface area contributed by atoms with Crippen molar-refractivity contribution >= 4 is 64.0 Å². The molecule has 234 valence electrons. The fourth-order valence-corrected chi connectivity index (χ4v) is 5.66. The van der Waals surface area contributed by atoms with Crippen molar-refractivity contribution in [3.05, 3.63) is 92.7 Å². The Labute approximate surface area is 275 Å². The highest BCUT2D eigenvalue weighted by molar-refractivity contribution is 7.08. The SMILES string of the molecule is CC(C)(C)OC(=O)N1CCC(Oc2cc(-c3ccsc3)ccc2C(=O)Nc2ccc(Cl)cc2C(=O)Nc2ccc(Cl)cn2)CC1. The first-order valence-corrected chi connectivity index (χ1v) is 16.0. The van der Waals surface area contributed by atoms with Gasteiger partial charge in [-0.15, -0.1) is 0 Å². The van der Waals surface area contributed by atoms with E-state index >= 15 is 0 Å².